The molecule has 0 radical (unpaired) electrons. The summed E-state index contributed by atoms with van der Waals surface area (Å²) in [5.41, 5.74) is 6.59. The first-order chi connectivity index (χ1) is 6.80. The number of thioether (sulfide) groups is 1. The van der Waals surface area contributed by atoms with Gasteiger partial charge in [-0.25, -0.2) is 0 Å². The van der Waals surface area contributed by atoms with Crippen LogP contribution in [0.2, 0.25) is 0 Å². The Morgan fingerprint density at radius 1 is 1.13 bits per heavy atom. The van der Waals surface area contributed by atoms with Crippen molar-refractivity contribution in [1.82, 2.24) is 0 Å². The average Bonchev–Trinajstić information content (AvgIpc) is 2.09. The molecule has 15 heavy (non-hydrogen) atoms. The number of rotatable bonds is 4. The third-order valence-corrected chi connectivity index (χ3v) is 5.29. The molecule has 1 aliphatic carbocycles. The van der Waals surface area contributed by atoms with E-state index in [1.807, 2.05) is 0 Å². The van der Waals surface area contributed by atoms with Crippen molar-refractivity contribution in [1.29, 1.82) is 0 Å². The molecule has 0 atom stereocenters. The Morgan fingerprint density at radius 2 is 1.60 bits per heavy atom. The summed E-state index contributed by atoms with van der Waals surface area (Å²) in [4.78, 5) is 0. The maximum atomic E-state index is 5.99. The predicted molar refractivity (Wildman–Crippen MR) is 71.4 cm³/mol. The van der Waals surface area contributed by atoms with Gasteiger partial charge in [-0.2, -0.15) is 0 Å². The van der Waals surface area contributed by atoms with E-state index in [4.69, 9.17) is 5.73 Å². The monoisotopic (exact) mass is 229 g/mol. The molecule has 2 heteroatoms. The van der Waals surface area contributed by atoms with Crippen LogP contribution in [-0.2, 0) is 0 Å². The molecule has 0 aromatic rings. The van der Waals surface area contributed by atoms with Gasteiger partial charge in [-0.3, -0.25) is 0 Å². The molecule has 1 aliphatic rings. The summed E-state index contributed by atoms with van der Waals surface area (Å²) in [7, 11) is 0. The topological polar surface area (TPSA) is 26.0 Å². The summed E-state index contributed by atoms with van der Waals surface area (Å²) in [6.45, 7) is 12.4. The second kappa shape index (κ2) is 4.29. The summed E-state index contributed by atoms with van der Waals surface area (Å²) in [5, 5.41) is 0. The Morgan fingerprint density at radius 3 is 1.87 bits per heavy atom. The van der Waals surface area contributed by atoms with Gasteiger partial charge in [-0.15, -0.1) is 11.8 Å². The van der Waals surface area contributed by atoms with Crippen LogP contribution in [0.25, 0.3) is 0 Å². The van der Waals surface area contributed by atoms with Crippen LogP contribution >= 0.6 is 11.8 Å². The highest BCUT2D eigenvalue weighted by atomic mass is 32.2. The molecule has 0 aromatic carbocycles. The van der Waals surface area contributed by atoms with Gasteiger partial charge in [0.25, 0.3) is 0 Å². The lowest BCUT2D eigenvalue weighted by Gasteiger charge is -2.57. The maximum absolute atomic E-state index is 5.99. The van der Waals surface area contributed by atoms with E-state index in [1.54, 1.807) is 0 Å². The van der Waals surface area contributed by atoms with E-state index in [-0.39, 0.29) is 0 Å². The molecule has 0 aromatic heterocycles. The van der Waals surface area contributed by atoms with Crippen LogP contribution in [0.3, 0.4) is 0 Å². The van der Waals surface area contributed by atoms with Crippen LogP contribution in [0.1, 0.15) is 60.3 Å². The SMILES string of the molecule is CCC1(CC)CC(CN)(SC(C)(C)C)C1. The Bertz CT molecular complexity index is 205. The van der Waals surface area contributed by atoms with Crippen LogP contribution < -0.4 is 5.73 Å². The van der Waals surface area contributed by atoms with Gasteiger partial charge < -0.3 is 5.73 Å². The minimum Gasteiger partial charge on any atom is -0.329 e. The maximum Gasteiger partial charge on any atom is 0.0298 e. The van der Waals surface area contributed by atoms with Crippen molar-refractivity contribution in [2.45, 2.75) is 69.8 Å². The summed E-state index contributed by atoms with van der Waals surface area (Å²) in [6.07, 6.45) is 5.28. The van der Waals surface area contributed by atoms with E-state index in [1.165, 1.54) is 25.7 Å². The zero-order chi connectivity index (χ0) is 11.7. The van der Waals surface area contributed by atoms with E-state index in [2.05, 4.69) is 46.4 Å². The second-order valence-electron chi connectivity index (χ2n) is 6.16. The summed E-state index contributed by atoms with van der Waals surface area (Å²) < 4.78 is 0.720. The van der Waals surface area contributed by atoms with Crippen molar-refractivity contribution in [3.63, 3.8) is 0 Å². The predicted octanol–water partition coefficient (Wildman–Crippen LogP) is 3.82. The molecule has 0 bridgehead atoms. The van der Waals surface area contributed by atoms with Gasteiger partial charge in [-0.1, -0.05) is 47.5 Å². The van der Waals surface area contributed by atoms with Crippen molar-refractivity contribution in [3.05, 3.63) is 0 Å². The van der Waals surface area contributed by atoms with Gasteiger partial charge in [0.2, 0.25) is 0 Å². The molecule has 0 saturated heterocycles. The number of hydrogen-bond acceptors (Lipinski definition) is 2. The normalized spacial score (nSPS) is 23.6. The Hall–Kier alpha value is 0.310. The van der Waals surface area contributed by atoms with Crippen LogP contribution in [0, 0.1) is 5.41 Å². The third-order valence-electron chi connectivity index (χ3n) is 3.79. The number of nitrogens with two attached hydrogens (primary N) is 1. The zero-order valence-electron chi connectivity index (χ0n) is 11.0. The minimum absolute atomic E-state index is 0.340. The summed E-state index contributed by atoms with van der Waals surface area (Å²) >= 11 is 2.10. The quantitative estimate of drug-likeness (QED) is 0.793. The van der Waals surface area contributed by atoms with E-state index in [9.17, 15) is 0 Å². The Labute approximate surface area is 99.6 Å². The first-order valence-electron chi connectivity index (χ1n) is 6.21. The molecule has 1 nitrogen and oxygen atoms in total. The molecule has 2 N–H and O–H groups in total. The third kappa shape index (κ3) is 2.91. The van der Waals surface area contributed by atoms with E-state index >= 15 is 0 Å². The molecular weight excluding hydrogens is 202 g/mol. The molecule has 0 heterocycles. The molecule has 0 spiro atoms. The number of hydrogen-bond donors (Lipinski definition) is 1. The van der Waals surface area contributed by atoms with Crippen molar-refractivity contribution < 1.29 is 0 Å². The fraction of sp³-hybridized carbons (Fsp3) is 1.00. The lowest BCUT2D eigenvalue weighted by atomic mass is 9.58. The lowest BCUT2D eigenvalue weighted by molar-refractivity contribution is 0.0743. The van der Waals surface area contributed by atoms with Crippen LogP contribution in [0.15, 0.2) is 0 Å². The molecule has 0 unspecified atom stereocenters. The largest absolute Gasteiger partial charge is 0.329 e. The summed E-state index contributed by atoms with van der Waals surface area (Å²) in [6, 6.07) is 0. The highest BCUT2D eigenvalue weighted by Gasteiger charge is 2.53. The van der Waals surface area contributed by atoms with Gasteiger partial charge in [-0.05, 0) is 18.3 Å². The fourth-order valence-electron chi connectivity index (χ4n) is 2.97. The molecule has 1 fully saturated rings. The van der Waals surface area contributed by atoms with Gasteiger partial charge in [0.15, 0.2) is 0 Å². The van der Waals surface area contributed by atoms with Crippen molar-refractivity contribution in [2.75, 3.05) is 6.54 Å². The average molecular weight is 229 g/mol. The molecule has 1 rings (SSSR count). The van der Waals surface area contributed by atoms with Crippen molar-refractivity contribution >= 4 is 11.8 Å². The molecule has 90 valence electrons. The molecular formula is C13H27NS. The van der Waals surface area contributed by atoms with Gasteiger partial charge in [0.1, 0.15) is 0 Å². The first-order valence-corrected chi connectivity index (χ1v) is 7.02. The molecule has 0 aliphatic heterocycles. The highest BCUT2D eigenvalue weighted by molar-refractivity contribution is 8.02. The van der Waals surface area contributed by atoms with Crippen LogP contribution in [-0.4, -0.2) is 16.0 Å². The lowest BCUT2D eigenvalue weighted by Crippen LogP contribution is -2.55. The van der Waals surface area contributed by atoms with E-state index < -0.39 is 0 Å². The standard InChI is InChI=1S/C13H27NS/c1-6-12(7-2)8-13(9-12,10-14)15-11(3,4)5/h6-10,14H2,1-5H3. The Balaban J connectivity index is 2.62. The minimum atomic E-state index is 0.340. The van der Waals surface area contributed by atoms with E-state index in [0.29, 0.717) is 14.9 Å². The van der Waals surface area contributed by atoms with Gasteiger partial charge in [0.05, 0.1) is 0 Å². The van der Waals surface area contributed by atoms with Gasteiger partial charge in [0, 0.05) is 16.0 Å². The van der Waals surface area contributed by atoms with Crippen LogP contribution in [0.4, 0.5) is 0 Å². The van der Waals surface area contributed by atoms with Crippen molar-refractivity contribution in [3.8, 4) is 0 Å². The first kappa shape index (κ1) is 13.4. The molecule has 0 amide bonds. The summed E-state index contributed by atoms with van der Waals surface area (Å²) in [5.74, 6) is 0. The van der Waals surface area contributed by atoms with Gasteiger partial charge >= 0.3 is 0 Å². The second-order valence-corrected chi connectivity index (χ2v) is 8.46. The molecule has 1 saturated carbocycles. The highest BCUT2D eigenvalue weighted by Crippen LogP contribution is 2.60. The zero-order valence-corrected chi connectivity index (χ0v) is 11.8. The van der Waals surface area contributed by atoms with E-state index in [0.717, 1.165) is 6.54 Å². The van der Waals surface area contributed by atoms with Crippen LogP contribution in [0.5, 0.6) is 0 Å². The fourth-order valence-corrected chi connectivity index (χ4v) is 5.11. The Kier molecular flexibility index (Phi) is 3.83. The smallest absolute Gasteiger partial charge is 0.0298 e. The van der Waals surface area contributed by atoms with Crippen molar-refractivity contribution in [2.24, 2.45) is 11.1 Å².